The summed E-state index contributed by atoms with van der Waals surface area (Å²) in [7, 11) is 1.63. The molecule has 0 aliphatic heterocycles. The Morgan fingerprint density at radius 3 is 2.47 bits per heavy atom. The first-order valence-electron chi connectivity index (χ1n) is 6.09. The van der Waals surface area contributed by atoms with Gasteiger partial charge in [-0.05, 0) is 18.2 Å². The molecule has 2 N–H and O–H groups in total. The molecule has 0 amide bonds. The van der Waals surface area contributed by atoms with E-state index in [1.54, 1.807) is 25.3 Å². The van der Waals surface area contributed by atoms with Crippen molar-refractivity contribution in [2.45, 2.75) is 24.7 Å². The molecule has 1 fully saturated rings. The highest BCUT2D eigenvalue weighted by molar-refractivity contribution is 6.34. The highest BCUT2D eigenvalue weighted by atomic mass is 35.5. The van der Waals surface area contributed by atoms with E-state index in [-0.39, 0.29) is 18.2 Å². The summed E-state index contributed by atoms with van der Waals surface area (Å²) < 4.78 is 16.4. The maximum absolute atomic E-state index is 5.93. The standard InChI is InChI=1S/C13H17Cl2NO3/c1-17-2-3-18-13-11(16)7-12(13)19-10-5-8(14)4-9(15)6-10/h4-6,11-13H,2-3,7,16H2,1H3. The Hall–Kier alpha value is -0.520. The molecule has 1 aliphatic carbocycles. The molecule has 4 nitrogen and oxygen atoms in total. The van der Waals surface area contributed by atoms with Gasteiger partial charge < -0.3 is 19.9 Å². The average Bonchev–Trinajstić information content (AvgIpc) is 2.33. The van der Waals surface area contributed by atoms with Crippen molar-refractivity contribution in [3.8, 4) is 5.75 Å². The summed E-state index contributed by atoms with van der Waals surface area (Å²) in [5.41, 5.74) is 5.91. The van der Waals surface area contributed by atoms with Crippen molar-refractivity contribution in [2.75, 3.05) is 20.3 Å². The lowest BCUT2D eigenvalue weighted by Gasteiger charge is -2.41. The Bertz CT molecular complexity index is 410. The zero-order chi connectivity index (χ0) is 13.8. The van der Waals surface area contributed by atoms with Gasteiger partial charge >= 0.3 is 0 Å². The van der Waals surface area contributed by atoms with Gasteiger partial charge in [0.2, 0.25) is 0 Å². The molecular weight excluding hydrogens is 289 g/mol. The number of rotatable bonds is 6. The van der Waals surface area contributed by atoms with Crippen LogP contribution in [0.1, 0.15) is 6.42 Å². The normalized spacial score (nSPS) is 26.0. The molecule has 0 saturated heterocycles. The summed E-state index contributed by atoms with van der Waals surface area (Å²) in [4.78, 5) is 0. The molecule has 1 aliphatic rings. The van der Waals surface area contributed by atoms with Crippen LogP contribution < -0.4 is 10.5 Å². The average molecular weight is 306 g/mol. The third kappa shape index (κ3) is 3.97. The fraction of sp³-hybridized carbons (Fsp3) is 0.538. The number of ether oxygens (including phenoxy) is 3. The van der Waals surface area contributed by atoms with Gasteiger partial charge in [-0.2, -0.15) is 0 Å². The molecule has 1 aromatic carbocycles. The highest BCUT2D eigenvalue weighted by Crippen LogP contribution is 2.31. The van der Waals surface area contributed by atoms with Crippen LogP contribution in [0.4, 0.5) is 0 Å². The van der Waals surface area contributed by atoms with Gasteiger partial charge in [-0.25, -0.2) is 0 Å². The molecule has 0 radical (unpaired) electrons. The molecule has 1 aromatic rings. The van der Waals surface area contributed by atoms with Crippen molar-refractivity contribution < 1.29 is 14.2 Å². The maximum Gasteiger partial charge on any atom is 0.128 e. The number of benzene rings is 1. The fourth-order valence-electron chi connectivity index (χ4n) is 2.00. The van der Waals surface area contributed by atoms with Crippen molar-refractivity contribution >= 4 is 23.2 Å². The van der Waals surface area contributed by atoms with E-state index in [4.69, 9.17) is 43.1 Å². The van der Waals surface area contributed by atoms with Crippen LogP contribution in [-0.4, -0.2) is 38.6 Å². The fourth-order valence-corrected chi connectivity index (χ4v) is 2.51. The number of hydrogen-bond acceptors (Lipinski definition) is 4. The maximum atomic E-state index is 5.93. The van der Waals surface area contributed by atoms with Gasteiger partial charge in [-0.1, -0.05) is 23.2 Å². The van der Waals surface area contributed by atoms with E-state index < -0.39 is 0 Å². The second kappa shape index (κ2) is 6.77. The molecular formula is C13H17Cl2NO3. The van der Waals surface area contributed by atoms with Crippen molar-refractivity contribution in [3.63, 3.8) is 0 Å². The van der Waals surface area contributed by atoms with E-state index in [1.807, 2.05) is 0 Å². The van der Waals surface area contributed by atoms with Crippen LogP contribution in [0, 0.1) is 0 Å². The van der Waals surface area contributed by atoms with Gasteiger partial charge in [0.1, 0.15) is 18.0 Å². The Kier molecular flexibility index (Phi) is 5.30. The van der Waals surface area contributed by atoms with Gasteiger partial charge in [-0.3, -0.25) is 0 Å². The van der Waals surface area contributed by atoms with Crippen molar-refractivity contribution in [2.24, 2.45) is 5.73 Å². The molecule has 0 spiro atoms. The predicted octanol–water partition coefficient (Wildman–Crippen LogP) is 2.50. The molecule has 106 valence electrons. The zero-order valence-corrected chi connectivity index (χ0v) is 12.2. The van der Waals surface area contributed by atoms with Crippen LogP contribution in [0.25, 0.3) is 0 Å². The summed E-state index contributed by atoms with van der Waals surface area (Å²) >= 11 is 11.9. The predicted molar refractivity (Wildman–Crippen MR) is 75.1 cm³/mol. The minimum absolute atomic E-state index is 0.00323. The summed E-state index contributed by atoms with van der Waals surface area (Å²) in [6, 6.07) is 5.11. The summed E-state index contributed by atoms with van der Waals surface area (Å²) in [6.45, 7) is 1.05. The van der Waals surface area contributed by atoms with E-state index in [0.29, 0.717) is 29.0 Å². The van der Waals surface area contributed by atoms with Gasteiger partial charge in [0, 0.05) is 29.6 Å². The van der Waals surface area contributed by atoms with E-state index in [0.717, 1.165) is 6.42 Å². The molecule has 6 heteroatoms. The Morgan fingerprint density at radius 2 is 1.89 bits per heavy atom. The quantitative estimate of drug-likeness (QED) is 0.821. The third-order valence-electron chi connectivity index (χ3n) is 3.01. The van der Waals surface area contributed by atoms with Crippen LogP contribution in [0.3, 0.4) is 0 Å². The van der Waals surface area contributed by atoms with Crippen molar-refractivity contribution in [3.05, 3.63) is 28.2 Å². The van der Waals surface area contributed by atoms with Crippen LogP contribution in [0.15, 0.2) is 18.2 Å². The first-order chi connectivity index (χ1) is 9.10. The van der Waals surface area contributed by atoms with Crippen LogP contribution in [0.5, 0.6) is 5.75 Å². The van der Waals surface area contributed by atoms with E-state index >= 15 is 0 Å². The van der Waals surface area contributed by atoms with Gasteiger partial charge in [0.25, 0.3) is 0 Å². The highest BCUT2D eigenvalue weighted by Gasteiger charge is 2.41. The molecule has 3 unspecified atom stereocenters. The third-order valence-corrected chi connectivity index (χ3v) is 3.45. The molecule has 3 atom stereocenters. The second-order valence-electron chi connectivity index (χ2n) is 4.49. The minimum Gasteiger partial charge on any atom is -0.487 e. The van der Waals surface area contributed by atoms with Crippen molar-refractivity contribution in [1.82, 2.24) is 0 Å². The largest absolute Gasteiger partial charge is 0.487 e. The van der Waals surface area contributed by atoms with Gasteiger partial charge in [-0.15, -0.1) is 0 Å². The number of hydrogen-bond donors (Lipinski definition) is 1. The smallest absolute Gasteiger partial charge is 0.128 e. The molecule has 1 saturated carbocycles. The van der Waals surface area contributed by atoms with Crippen LogP contribution in [0.2, 0.25) is 10.0 Å². The lowest BCUT2D eigenvalue weighted by Crippen LogP contribution is -2.59. The topological polar surface area (TPSA) is 53.7 Å². The zero-order valence-electron chi connectivity index (χ0n) is 10.6. The lowest BCUT2D eigenvalue weighted by atomic mass is 9.86. The lowest BCUT2D eigenvalue weighted by molar-refractivity contribution is -0.107. The molecule has 19 heavy (non-hydrogen) atoms. The van der Waals surface area contributed by atoms with Gasteiger partial charge in [0.15, 0.2) is 0 Å². The Labute approximate surface area is 122 Å². The summed E-state index contributed by atoms with van der Waals surface area (Å²) in [6.07, 6.45) is 0.566. The number of halogens is 2. The molecule has 0 bridgehead atoms. The molecule has 2 rings (SSSR count). The summed E-state index contributed by atoms with van der Waals surface area (Å²) in [5.74, 6) is 0.634. The summed E-state index contributed by atoms with van der Waals surface area (Å²) in [5, 5.41) is 1.09. The minimum atomic E-state index is -0.118. The first kappa shape index (κ1) is 14.9. The van der Waals surface area contributed by atoms with Crippen LogP contribution >= 0.6 is 23.2 Å². The number of nitrogens with two attached hydrogens (primary N) is 1. The number of methoxy groups -OCH3 is 1. The van der Waals surface area contributed by atoms with E-state index in [9.17, 15) is 0 Å². The monoisotopic (exact) mass is 305 g/mol. The Balaban J connectivity index is 1.91. The van der Waals surface area contributed by atoms with Gasteiger partial charge in [0.05, 0.1) is 13.2 Å². The second-order valence-corrected chi connectivity index (χ2v) is 5.36. The molecule has 0 aromatic heterocycles. The molecule has 0 heterocycles. The van der Waals surface area contributed by atoms with Crippen LogP contribution in [-0.2, 0) is 9.47 Å². The first-order valence-corrected chi connectivity index (χ1v) is 6.84. The Morgan fingerprint density at radius 1 is 1.21 bits per heavy atom. The van der Waals surface area contributed by atoms with Crippen molar-refractivity contribution in [1.29, 1.82) is 0 Å². The van der Waals surface area contributed by atoms with E-state index in [1.165, 1.54) is 0 Å². The SMILES string of the molecule is COCCOC1C(N)CC1Oc1cc(Cl)cc(Cl)c1. The van der Waals surface area contributed by atoms with E-state index in [2.05, 4.69) is 0 Å².